The molecule has 3 nitrogen and oxygen atoms in total. The minimum Gasteiger partial charge on any atom is -0.460 e. The number of carbonyl (C=O) groups excluding carboxylic acids is 1. The highest BCUT2D eigenvalue weighted by Gasteiger charge is 2.18. The van der Waals surface area contributed by atoms with Crippen molar-refractivity contribution in [2.45, 2.75) is 71.5 Å². The summed E-state index contributed by atoms with van der Waals surface area (Å²) >= 11 is 0. The molecule has 0 unspecified atom stereocenters. The molecule has 1 atom stereocenters. The number of rotatable bonds is 6. The maximum absolute atomic E-state index is 11.3. The van der Waals surface area contributed by atoms with Crippen molar-refractivity contribution in [3.63, 3.8) is 0 Å². The fraction of sp³-hybridized carbons (Fsp3) is 0.917. The fourth-order valence-electron chi connectivity index (χ4n) is 1.31. The van der Waals surface area contributed by atoms with Crippen molar-refractivity contribution < 1.29 is 14.6 Å². The highest BCUT2D eigenvalue weighted by Crippen LogP contribution is 2.12. The fourth-order valence-corrected chi connectivity index (χ4v) is 1.31. The van der Waals surface area contributed by atoms with Crippen molar-refractivity contribution in [1.82, 2.24) is 0 Å². The second-order valence-corrected chi connectivity index (χ2v) is 4.94. The van der Waals surface area contributed by atoms with Crippen LogP contribution >= 0.6 is 0 Å². The highest BCUT2D eigenvalue weighted by molar-refractivity contribution is 5.70. The van der Waals surface area contributed by atoms with E-state index in [1.165, 1.54) is 0 Å². The lowest BCUT2D eigenvalue weighted by atomic mass is 10.1. The second kappa shape index (κ2) is 6.83. The van der Waals surface area contributed by atoms with Crippen molar-refractivity contribution in [3.05, 3.63) is 0 Å². The Bertz CT molecular complexity index is 182. The first-order valence-electron chi connectivity index (χ1n) is 5.75. The van der Waals surface area contributed by atoms with Crippen LogP contribution in [0.2, 0.25) is 0 Å². The summed E-state index contributed by atoms with van der Waals surface area (Å²) in [5.74, 6) is -0.313. The number of hydrogen-bond donors (Lipinski definition) is 1. The molecule has 0 heterocycles. The first-order valence-corrected chi connectivity index (χ1v) is 5.75. The molecule has 0 bridgehead atoms. The summed E-state index contributed by atoms with van der Waals surface area (Å²) in [7, 11) is 0. The van der Waals surface area contributed by atoms with E-state index in [4.69, 9.17) is 4.74 Å². The Morgan fingerprint density at radius 1 is 1.33 bits per heavy atom. The molecule has 3 heteroatoms. The minimum atomic E-state index is -0.550. The topological polar surface area (TPSA) is 46.5 Å². The standard InChI is InChI=1S/C12H24O3/c1-5-6-7-8-10(13)9-11(14)15-12(2,3)4/h10,13H,5-9H2,1-4H3/t10-/m1/s1. The molecule has 0 saturated carbocycles. The Hall–Kier alpha value is -0.570. The molecule has 0 aliphatic rings. The summed E-state index contributed by atoms with van der Waals surface area (Å²) in [4.78, 5) is 11.3. The number of unbranched alkanes of at least 4 members (excludes halogenated alkanes) is 2. The van der Waals surface area contributed by atoms with Crippen molar-refractivity contribution in [3.8, 4) is 0 Å². The Kier molecular flexibility index (Phi) is 6.57. The quantitative estimate of drug-likeness (QED) is 0.548. The molecule has 0 aliphatic carbocycles. The first-order chi connectivity index (χ1) is 6.85. The van der Waals surface area contributed by atoms with Crippen molar-refractivity contribution in [2.24, 2.45) is 0 Å². The van der Waals surface area contributed by atoms with Gasteiger partial charge in [-0.15, -0.1) is 0 Å². The molecule has 0 aromatic carbocycles. The van der Waals surface area contributed by atoms with E-state index in [1.807, 2.05) is 20.8 Å². The van der Waals surface area contributed by atoms with Gasteiger partial charge < -0.3 is 9.84 Å². The zero-order valence-corrected chi connectivity index (χ0v) is 10.4. The van der Waals surface area contributed by atoms with Crippen LogP contribution in [0, 0.1) is 0 Å². The van der Waals surface area contributed by atoms with E-state index < -0.39 is 11.7 Å². The van der Waals surface area contributed by atoms with Gasteiger partial charge in [0.1, 0.15) is 5.60 Å². The van der Waals surface area contributed by atoms with Gasteiger partial charge in [-0.3, -0.25) is 4.79 Å². The van der Waals surface area contributed by atoms with Gasteiger partial charge in [-0.05, 0) is 27.2 Å². The summed E-state index contributed by atoms with van der Waals surface area (Å²) in [5, 5.41) is 9.54. The number of aliphatic hydroxyl groups excluding tert-OH is 1. The third kappa shape index (κ3) is 9.73. The molecule has 0 fully saturated rings. The SMILES string of the molecule is CCCCC[C@@H](O)CC(=O)OC(C)(C)C. The first kappa shape index (κ1) is 14.4. The molecular formula is C12H24O3. The lowest BCUT2D eigenvalue weighted by molar-refractivity contribution is -0.157. The lowest BCUT2D eigenvalue weighted by Gasteiger charge is -2.20. The van der Waals surface area contributed by atoms with E-state index in [0.29, 0.717) is 6.42 Å². The summed E-state index contributed by atoms with van der Waals surface area (Å²) in [6.45, 7) is 7.59. The molecule has 15 heavy (non-hydrogen) atoms. The number of aliphatic hydroxyl groups is 1. The molecule has 0 aromatic heterocycles. The predicted octanol–water partition coefficient (Wildman–Crippen LogP) is 2.66. The van der Waals surface area contributed by atoms with Crippen LogP contribution in [0.1, 0.15) is 59.8 Å². The lowest BCUT2D eigenvalue weighted by Crippen LogP contribution is -2.26. The molecule has 0 saturated heterocycles. The number of hydrogen-bond acceptors (Lipinski definition) is 3. The maximum atomic E-state index is 11.3. The minimum absolute atomic E-state index is 0.112. The van der Waals surface area contributed by atoms with Crippen LogP contribution in [0.5, 0.6) is 0 Å². The monoisotopic (exact) mass is 216 g/mol. The number of esters is 1. The molecule has 0 radical (unpaired) electrons. The molecule has 1 N–H and O–H groups in total. The zero-order chi connectivity index (χ0) is 11.9. The van der Waals surface area contributed by atoms with Crippen LogP contribution < -0.4 is 0 Å². The van der Waals surface area contributed by atoms with Crippen molar-refractivity contribution in [1.29, 1.82) is 0 Å². The summed E-state index contributed by atoms with van der Waals surface area (Å²) in [6, 6.07) is 0. The van der Waals surface area contributed by atoms with Gasteiger partial charge in [-0.25, -0.2) is 0 Å². The Labute approximate surface area is 92.8 Å². The van der Waals surface area contributed by atoms with E-state index in [-0.39, 0.29) is 12.4 Å². The van der Waals surface area contributed by atoms with Crippen LogP contribution in [0.4, 0.5) is 0 Å². The van der Waals surface area contributed by atoms with Gasteiger partial charge in [0.2, 0.25) is 0 Å². The molecule has 0 rings (SSSR count). The van der Waals surface area contributed by atoms with E-state index >= 15 is 0 Å². The van der Waals surface area contributed by atoms with Gasteiger partial charge in [0.05, 0.1) is 12.5 Å². The second-order valence-electron chi connectivity index (χ2n) is 4.94. The largest absolute Gasteiger partial charge is 0.460 e. The van der Waals surface area contributed by atoms with Crippen LogP contribution in [-0.4, -0.2) is 22.8 Å². The van der Waals surface area contributed by atoms with E-state index in [0.717, 1.165) is 19.3 Å². The normalized spacial score (nSPS) is 13.7. The molecule has 0 spiro atoms. The van der Waals surface area contributed by atoms with Gasteiger partial charge in [0.25, 0.3) is 0 Å². The van der Waals surface area contributed by atoms with Crippen LogP contribution in [0.15, 0.2) is 0 Å². The Morgan fingerprint density at radius 3 is 2.40 bits per heavy atom. The molecule has 90 valence electrons. The number of ether oxygens (including phenoxy) is 1. The van der Waals surface area contributed by atoms with E-state index in [2.05, 4.69) is 6.92 Å². The van der Waals surface area contributed by atoms with Crippen LogP contribution in [0.3, 0.4) is 0 Å². The summed E-state index contributed by atoms with van der Waals surface area (Å²) in [5.41, 5.74) is -0.458. The molecule has 0 aliphatic heterocycles. The van der Waals surface area contributed by atoms with Crippen molar-refractivity contribution in [2.75, 3.05) is 0 Å². The van der Waals surface area contributed by atoms with Gasteiger partial charge in [-0.2, -0.15) is 0 Å². The van der Waals surface area contributed by atoms with Gasteiger partial charge >= 0.3 is 5.97 Å². The predicted molar refractivity (Wildman–Crippen MR) is 60.6 cm³/mol. The van der Waals surface area contributed by atoms with E-state index in [1.54, 1.807) is 0 Å². The van der Waals surface area contributed by atoms with Crippen LogP contribution in [0.25, 0.3) is 0 Å². The Morgan fingerprint density at radius 2 is 1.93 bits per heavy atom. The van der Waals surface area contributed by atoms with E-state index in [9.17, 15) is 9.90 Å². The third-order valence-corrected chi connectivity index (χ3v) is 1.96. The number of carbonyl (C=O) groups is 1. The third-order valence-electron chi connectivity index (χ3n) is 1.96. The summed E-state index contributed by atoms with van der Waals surface area (Å²) < 4.78 is 5.12. The average Bonchev–Trinajstić information content (AvgIpc) is 2.00. The highest BCUT2D eigenvalue weighted by atomic mass is 16.6. The maximum Gasteiger partial charge on any atom is 0.308 e. The van der Waals surface area contributed by atoms with Gasteiger partial charge in [0.15, 0.2) is 0 Å². The van der Waals surface area contributed by atoms with Gasteiger partial charge in [-0.1, -0.05) is 26.2 Å². The van der Waals surface area contributed by atoms with Crippen molar-refractivity contribution >= 4 is 5.97 Å². The molecule has 0 amide bonds. The zero-order valence-electron chi connectivity index (χ0n) is 10.4. The smallest absolute Gasteiger partial charge is 0.308 e. The molecule has 0 aromatic rings. The van der Waals surface area contributed by atoms with Crippen LogP contribution in [-0.2, 0) is 9.53 Å². The Balaban J connectivity index is 3.67. The van der Waals surface area contributed by atoms with Gasteiger partial charge in [0, 0.05) is 0 Å². The molecular weight excluding hydrogens is 192 g/mol. The summed E-state index contributed by atoms with van der Waals surface area (Å²) in [6.07, 6.45) is 3.45. The average molecular weight is 216 g/mol.